The van der Waals surface area contributed by atoms with Crippen LogP contribution in [0.3, 0.4) is 0 Å². The molecule has 0 aliphatic heterocycles. The first-order valence-corrected chi connectivity index (χ1v) is 6.58. The van der Waals surface area contributed by atoms with Crippen LogP contribution in [0.25, 0.3) is 0 Å². The minimum atomic E-state index is -0.849. The van der Waals surface area contributed by atoms with Crippen LogP contribution >= 0.6 is 15.9 Å². The molecule has 1 amide bonds. The van der Waals surface area contributed by atoms with Crippen LogP contribution in [0.5, 0.6) is 0 Å². The van der Waals surface area contributed by atoms with Crippen molar-refractivity contribution in [2.75, 3.05) is 6.54 Å². The maximum atomic E-state index is 11.9. The lowest BCUT2D eigenvalue weighted by atomic mass is 10.3. The summed E-state index contributed by atoms with van der Waals surface area (Å²) in [7, 11) is 0. The molecular formula is C12H17BrN2O3. The minimum Gasteiger partial charge on any atom is -0.481 e. The fourth-order valence-electron chi connectivity index (χ4n) is 1.59. The van der Waals surface area contributed by atoms with Crippen LogP contribution in [0.15, 0.2) is 16.7 Å². The van der Waals surface area contributed by atoms with Gasteiger partial charge in [0.15, 0.2) is 0 Å². The highest BCUT2D eigenvalue weighted by atomic mass is 79.9. The summed E-state index contributed by atoms with van der Waals surface area (Å²) in [5.74, 6) is -1.03. The second-order valence-electron chi connectivity index (χ2n) is 4.30. The maximum Gasteiger partial charge on any atom is 0.303 e. The van der Waals surface area contributed by atoms with Crippen molar-refractivity contribution < 1.29 is 14.7 Å². The Morgan fingerprint density at radius 2 is 2.17 bits per heavy atom. The fraction of sp³-hybridized carbons (Fsp3) is 0.500. The highest BCUT2D eigenvalue weighted by Gasteiger charge is 2.14. The summed E-state index contributed by atoms with van der Waals surface area (Å²) in [6.45, 7) is 4.35. The second-order valence-corrected chi connectivity index (χ2v) is 5.21. The van der Waals surface area contributed by atoms with E-state index in [1.807, 2.05) is 24.6 Å². The summed E-state index contributed by atoms with van der Waals surface area (Å²) >= 11 is 3.34. The summed E-state index contributed by atoms with van der Waals surface area (Å²) in [6, 6.07) is 1.95. The van der Waals surface area contributed by atoms with Crippen LogP contribution < -0.4 is 5.32 Å². The molecule has 18 heavy (non-hydrogen) atoms. The van der Waals surface area contributed by atoms with Gasteiger partial charge in [-0.15, -0.1) is 0 Å². The monoisotopic (exact) mass is 316 g/mol. The highest BCUT2D eigenvalue weighted by molar-refractivity contribution is 9.10. The third-order valence-corrected chi connectivity index (χ3v) is 2.89. The van der Waals surface area contributed by atoms with E-state index >= 15 is 0 Å². The van der Waals surface area contributed by atoms with Crippen molar-refractivity contribution in [3.63, 3.8) is 0 Å². The van der Waals surface area contributed by atoms with Gasteiger partial charge in [-0.1, -0.05) is 0 Å². The van der Waals surface area contributed by atoms with E-state index < -0.39 is 5.97 Å². The first-order chi connectivity index (χ1) is 8.41. The predicted octanol–water partition coefficient (Wildman–Crippen LogP) is 2.43. The number of halogens is 1. The molecular weight excluding hydrogens is 300 g/mol. The third-order valence-electron chi connectivity index (χ3n) is 2.46. The van der Waals surface area contributed by atoms with Gasteiger partial charge in [-0.2, -0.15) is 0 Å². The molecule has 0 radical (unpaired) electrons. The molecule has 0 aromatic carbocycles. The number of aromatic nitrogens is 1. The van der Waals surface area contributed by atoms with Gasteiger partial charge in [-0.3, -0.25) is 9.59 Å². The Morgan fingerprint density at radius 3 is 2.72 bits per heavy atom. The van der Waals surface area contributed by atoms with E-state index in [-0.39, 0.29) is 18.4 Å². The van der Waals surface area contributed by atoms with E-state index in [9.17, 15) is 9.59 Å². The number of aliphatic carboxylic acids is 1. The van der Waals surface area contributed by atoms with E-state index in [0.29, 0.717) is 18.7 Å². The van der Waals surface area contributed by atoms with E-state index in [1.165, 1.54) is 0 Å². The van der Waals surface area contributed by atoms with Crippen LogP contribution in [0, 0.1) is 0 Å². The van der Waals surface area contributed by atoms with Crippen molar-refractivity contribution in [2.45, 2.75) is 32.7 Å². The average molecular weight is 317 g/mol. The van der Waals surface area contributed by atoms with Gasteiger partial charge in [0.2, 0.25) is 0 Å². The van der Waals surface area contributed by atoms with Crippen molar-refractivity contribution in [2.24, 2.45) is 0 Å². The molecule has 100 valence electrons. The first kappa shape index (κ1) is 14.8. The largest absolute Gasteiger partial charge is 0.481 e. The van der Waals surface area contributed by atoms with Crippen LogP contribution in [-0.4, -0.2) is 28.1 Å². The number of carboxylic acids is 1. The zero-order valence-electron chi connectivity index (χ0n) is 10.4. The fourth-order valence-corrected chi connectivity index (χ4v) is 2.02. The number of hydrogen-bond acceptors (Lipinski definition) is 2. The van der Waals surface area contributed by atoms with Crippen LogP contribution in [0.1, 0.15) is 43.2 Å². The normalized spacial score (nSPS) is 10.7. The topological polar surface area (TPSA) is 71.3 Å². The summed E-state index contributed by atoms with van der Waals surface area (Å²) in [5.41, 5.74) is 0.576. The lowest BCUT2D eigenvalue weighted by Gasteiger charge is -2.12. The van der Waals surface area contributed by atoms with E-state index in [4.69, 9.17) is 5.11 Å². The molecule has 1 aromatic heterocycles. The number of carbonyl (C=O) groups is 2. The molecule has 0 saturated carbocycles. The molecule has 6 heteroatoms. The third kappa shape index (κ3) is 4.18. The number of nitrogens with zero attached hydrogens (tertiary/aromatic N) is 1. The Bertz CT molecular complexity index is 441. The average Bonchev–Trinajstić information content (AvgIpc) is 2.66. The standard InChI is InChI=1S/C12H17BrN2O3/c1-8(2)15-7-9(13)6-10(15)12(18)14-5-3-4-11(16)17/h6-8H,3-5H2,1-2H3,(H,14,18)(H,16,17). The summed E-state index contributed by atoms with van der Waals surface area (Å²) in [6.07, 6.45) is 2.36. The quantitative estimate of drug-likeness (QED) is 0.792. The number of hydrogen-bond donors (Lipinski definition) is 2. The van der Waals surface area contributed by atoms with Crippen molar-refractivity contribution in [3.05, 3.63) is 22.4 Å². The van der Waals surface area contributed by atoms with Gasteiger partial charge in [0.05, 0.1) is 0 Å². The van der Waals surface area contributed by atoms with Crippen LogP contribution in [-0.2, 0) is 4.79 Å². The molecule has 1 heterocycles. The molecule has 1 rings (SSSR count). The summed E-state index contributed by atoms with van der Waals surface area (Å²) < 4.78 is 2.73. The second kappa shape index (κ2) is 6.58. The smallest absolute Gasteiger partial charge is 0.303 e. The number of amides is 1. The Hall–Kier alpha value is -1.30. The SMILES string of the molecule is CC(C)n1cc(Br)cc1C(=O)NCCCC(=O)O. The molecule has 0 fully saturated rings. The highest BCUT2D eigenvalue weighted by Crippen LogP contribution is 2.19. The summed E-state index contributed by atoms with van der Waals surface area (Å²) in [5, 5.41) is 11.2. The molecule has 0 saturated heterocycles. The van der Waals surface area contributed by atoms with Crippen molar-refractivity contribution >= 4 is 27.8 Å². The molecule has 0 aliphatic carbocycles. The van der Waals surface area contributed by atoms with E-state index in [1.54, 1.807) is 6.07 Å². The molecule has 0 atom stereocenters. The van der Waals surface area contributed by atoms with Crippen molar-refractivity contribution in [1.82, 2.24) is 9.88 Å². The Kier molecular flexibility index (Phi) is 5.40. The van der Waals surface area contributed by atoms with Gasteiger partial charge in [0, 0.05) is 29.7 Å². The van der Waals surface area contributed by atoms with Crippen LogP contribution in [0.4, 0.5) is 0 Å². The lowest BCUT2D eigenvalue weighted by molar-refractivity contribution is -0.137. The molecule has 0 unspecified atom stereocenters. The molecule has 0 spiro atoms. The molecule has 5 nitrogen and oxygen atoms in total. The molecule has 0 aliphatic rings. The van der Waals surface area contributed by atoms with Gasteiger partial charge >= 0.3 is 5.97 Å². The van der Waals surface area contributed by atoms with Gasteiger partial charge in [0.25, 0.3) is 5.91 Å². The summed E-state index contributed by atoms with van der Waals surface area (Å²) in [4.78, 5) is 22.3. The number of carbonyl (C=O) groups excluding carboxylic acids is 1. The van der Waals surface area contributed by atoms with Gasteiger partial charge in [0.1, 0.15) is 5.69 Å². The van der Waals surface area contributed by atoms with Crippen LogP contribution in [0.2, 0.25) is 0 Å². The Morgan fingerprint density at radius 1 is 1.50 bits per heavy atom. The molecule has 1 aromatic rings. The Labute approximate surface area is 114 Å². The predicted molar refractivity (Wildman–Crippen MR) is 71.7 cm³/mol. The minimum absolute atomic E-state index is 0.0646. The number of carboxylic acid groups (broad SMARTS) is 1. The maximum absolute atomic E-state index is 11.9. The van der Waals surface area contributed by atoms with E-state index in [0.717, 1.165) is 4.47 Å². The van der Waals surface area contributed by atoms with Gasteiger partial charge < -0.3 is 15.0 Å². The van der Waals surface area contributed by atoms with Gasteiger partial charge in [-0.25, -0.2) is 0 Å². The molecule has 2 N–H and O–H groups in total. The van der Waals surface area contributed by atoms with E-state index in [2.05, 4.69) is 21.2 Å². The van der Waals surface area contributed by atoms with Gasteiger partial charge in [-0.05, 0) is 42.3 Å². The molecule has 0 bridgehead atoms. The lowest BCUT2D eigenvalue weighted by Crippen LogP contribution is -2.27. The first-order valence-electron chi connectivity index (χ1n) is 5.79. The van der Waals surface area contributed by atoms with Crippen molar-refractivity contribution in [1.29, 1.82) is 0 Å². The number of rotatable bonds is 6. The zero-order chi connectivity index (χ0) is 13.7. The number of nitrogens with one attached hydrogen (secondary N) is 1. The zero-order valence-corrected chi connectivity index (χ0v) is 12.0. The Balaban J connectivity index is 2.58. The van der Waals surface area contributed by atoms with Crippen molar-refractivity contribution in [3.8, 4) is 0 Å².